The first-order valence-corrected chi connectivity index (χ1v) is 6.90. The molecule has 0 radical (unpaired) electrons. The summed E-state index contributed by atoms with van der Waals surface area (Å²) in [6.45, 7) is 0.592. The molecule has 0 amide bonds. The van der Waals surface area contributed by atoms with Crippen molar-refractivity contribution in [2.75, 3.05) is 13.2 Å². The van der Waals surface area contributed by atoms with Crippen LogP contribution in [0.2, 0.25) is 0 Å². The van der Waals surface area contributed by atoms with Crippen LogP contribution in [-0.4, -0.2) is 18.3 Å². The third-order valence-electron chi connectivity index (χ3n) is 3.77. The molecule has 2 nitrogen and oxygen atoms in total. The van der Waals surface area contributed by atoms with Crippen molar-refractivity contribution in [2.24, 2.45) is 5.92 Å². The number of benzene rings is 1. The summed E-state index contributed by atoms with van der Waals surface area (Å²) in [5.74, 6) is 0.723. The quantitative estimate of drug-likeness (QED) is 0.803. The normalized spacial score (nSPS) is 17.8. The van der Waals surface area contributed by atoms with Crippen molar-refractivity contribution >= 4 is 0 Å². The van der Waals surface area contributed by atoms with Crippen molar-refractivity contribution in [3.8, 4) is 0 Å². The predicted octanol–water partition coefficient (Wildman–Crippen LogP) is 3.95. The van der Waals surface area contributed by atoms with Gasteiger partial charge in [-0.2, -0.15) is 13.2 Å². The van der Waals surface area contributed by atoms with Crippen LogP contribution in [0, 0.1) is 5.92 Å². The SMILES string of the molecule is OC(COCCC1CCC1)c1cccc(C(F)(F)F)c1. The fraction of sp³-hybridized carbons (Fsp3) is 0.600. The van der Waals surface area contributed by atoms with Gasteiger partial charge < -0.3 is 9.84 Å². The van der Waals surface area contributed by atoms with E-state index in [1.54, 1.807) is 0 Å². The maximum absolute atomic E-state index is 12.6. The summed E-state index contributed by atoms with van der Waals surface area (Å²) in [5, 5.41) is 9.85. The molecule has 1 saturated carbocycles. The Morgan fingerprint density at radius 3 is 2.65 bits per heavy atom. The minimum absolute atomic E-state index is 0.0357. The molecule has 0 bridgehead atoms. The molecular weight excluding hydrogens is 269 g/mol. The lowest BCUT2D eigenvalue weighted by molar-refractivity contribution is -0.137. The van der Waals surface area contributed by atoms with E-state index in [2.05, 4.69) is 0 Å². The molecule has 1 aliphatic rings. The maximum Gasteiger partial charge on any atom is 0.416 e. The van der Waals surface area contributed by atoms with Gasteiger partial charge in [0.2, 0.25) is 0 Å². The van der Waals surface area contributed by atoms with Crippen molar-refractivity contribution in [3.05, 3.63) is 35.4 Å². The maximum atomic E-state index is 12.6. The second kappa shape index (κ2) is 6.59. The van der Waals surface area contributed by atoms with Gasteiger partial charge in [0.25, 0.3) is 0 Å². The highest BCUT2D eigenvalue weighted by Crippen LogP contribution is 2.31. The molecule has 0 heterocycles. The molecule has 0 spiro atoms. The number of aliphatic hydroxyl groups is 1. The molecule has 0 aliphatic heterocycles. The van der Waals surface area contributed by atoms with Crippen LogP contribution in [0.1, 0.15) is 42.9 Å². The summed E-state index contributed by atoms with van der Waals surface area (Å²) in [4.78, 5) is 0. The number of aliphatic hydroxyl groups excluding tert-OH is 1. The summed E-state index contributed by atoms with van der Waals surface area (Å²) in [7, 11) is 0. The van der Waals surface area contributed by atoms with Gasteiger partial charge in [0.1, 0.15) is 6.10 Å². The van der Waals surface area contributed by atoms with Crippen LogP contribution in [0.25, 0.3) is 0 Å². The number of ether oxygens (including phenoxy) is 1. The monoisotopic (exact) mass is 288 g/mol. The van der Waals surface area contributed by atoms with E-state index in [0.29, 0.717) is 6.61 Å². The van der Waals surface area contributed by atoms with Crippen LogP contribution in [0.15, 0.2) is 24.3 Å². The topological polar surface area (TPSA) is 29.5 Å². The summed E-state index contributed by atoms with van der Waals surface area (Å²) in [5.41, 5.74) is -0.507. The molecular formula is C15H19F3O2. The van der Waals surface area contributed by atoms with Crippen LogP contribution >= 0.6 is 0 Å². The largest absolute Gasteiger partial charge is 0.416 e. The lowest BCUT2D eigenvalue weighted by atomic mass is 9.83. The molecule has 1 aromatic rings. The van der Waals surface area contributed by atoms with Gasteiger partial charge in [0.15, 0.2) is 0 Å². The minimum atomic E-state index is -4.39. The number of hydrogen-bond acceptors (Lipinski definition) is 2. The van der Waals surface area contributed by atoms with Gasteiger partial charge in [0.05, 0.1) is 12.2 Å². The van der Waals surface area contributed by atoms with E-state index < -0.39 is 17.8 Å². The smallest absolute Gasteiger partial charge is 0.386 e. The van der Waals surface area contributed by atoms with Crippen molar-refractivity contribution in [2.45, 2.75) is 38.0 Å². The summed E-state index contributed by atoms with van der Waals surface area (Å²) < 4.78 is 43.0. The van der Waals surface area contributed by atoms with E-state index in [-0.39, 0.29) is 12.2 Å². The van der Waals surface area contributed by atoms with E-state index >= 15 is 0 Å². The van der Waals surface area contributed by atoms with E-state index in [0.717, 1.165) is 24.5 Å². The van der Waals surface area contributed by atoms with Crippen LogP contribution in [0.3, 0.4) is 0 Å². The molecule has 20 heavy (non-hydrogen) atoms. The van der Waals surface area contributed by atoms with Gasteiger partial charge in [-0.1, -0.05) is 31.4 Å². The summed E-state index contributed by atoms with van der Waals surface area (Å²) >= 11 is 0. The van der Waals surface area contributed by atoms with Crippen molar-refractivity contribution in [1.82, 2.24) is 0 Å². The molecule has 1 aromatic carbocycles. The first-order valence-electron chi connectivity index (χ1n) is 6.90. The van der Waals surface area contributed by atoms with E-state index in [1.807, 2.05) is 0 Å². The molecule has 1 N–H and O–H groups in total. The Balaban J connectivity index is 1.80. The van der Waals surface area contributed by atoms with Gasteiger partial charge in [-0.05, 0) is 30.0 Å². The van der Waals surface area contributed by atoms with Gasteiger partial charge in [0, 0.05) is 6.61 Å². The van der Waals surface area contributed by atoms with Gasteiger partial charge in [-0.25, -0.2) is 0 Å². The lowest BCUT2D eigenvalue weighted by Gasteiger charge is -2.25. The molecule has 2 rings (SSSR count). The Morgan fingerprint density at radius 1 is 1.30 bits per heavy atom. The zero-order valence-corrected chi connectivity index (χ0v) is 11.2. The standard InChI is InChI=1S/C15H19F3O2/c16-15(17,18)13-6-2-5-12(9-13)14(19)10-20-8-7-11-3-1-4-11/h2,5-6,9,11,14,19H,1,3-4,7-8,10H2. The Kier molecular flexibility index (Phi) is 5.05. The lowest BCUT2D eigenvalue weighted by Crippen LogP contribution is -2.15. The second-order valence-electron chi connectivity index (χ2n) is 5.30. The number of halogens is 3. The molecule has 112 valence electrons. The predicted molar refractivity (Wildman–Crippen MR) is 69.2 cm³/mol. The van der Waals surface area contributed by atoms with E-state index in [1.165, 1.54) is 31.4 Å². The fourth-order valence-electron chi connectivity index (χ4n) is 2.24. The summed E-state index contributed by atoms with van der Waals surface area (Å²) in [6, 6.07) is 4.75. The second-order valence-corrected chi connectivity index (χ2v) is 5.30. The molecule has 1 aliphatic carbocycles. The number of hydrogen-bond donors (Lipinski definition) is 1. The molecule has 0 aromatic heterocycles. The highest BCUT2D eigenvalue weighted by molar-refractivity contribution is 5.27. The van der Waals surface area contributed by atoms with Crippen LogP contribution in [0.4, 0.5) is 13.2 Å². The Bertz CT molecular complexity index is 427. The van der Waals surface area contributed by atoms with Crippen molar-refractivity contribution in [3.63, 3.8) is 0 Å². The fourth-order valence-corrected chi connectivity index (χ4v) is 2.24. The molecule has 1 fully saturated rings. The average molecular weight is 288 g/mol. The van der Waals surface area contributed by atoms with Crippen LogP contribution < -0.4 is 0 Å². The van der Waals surface area contributed by atoms with Crippen LogP contribution in [-0.2, 0) is 10.9 Å². The zero-order valence-electron chi connectivity index (χ0n) is 11.2. The Hall–Kier alpha value is -1.07. The van der Waals surface area contributed by atoms with Gasteiger partial charge >= 0.3 is 6.18 Å². The molecule has 1 unspecified atom stereocenters. The highest BCUT2D eigenvalue weighted by Gasteiger charge is 2.30. The molecule has 5 heteroatoms. The van der Waals surface area contributed by atoms with E-state index in [4.69, 9.17) is 4.74 Å². The molecule has 1 atom stereocenters. The van der Waals surface area contributed by atoms with Gasteiger partial charge in [-0.15, -0.1) is 0 Å². The Labute approximate surface area is 116 Å². The average Bonchev–Trinajstić information content (AvgIpc) is 2.35. The summed E-state index contributed by atoms with van der Waals surface area (Å²) in [6.07, 6.45) is -0.689. The van der Waals surface area contributed by atoms with E-state index in [9.17, 15) is 18.3 Å². The third kappa shape index (κ3) is 4.21. The highest BCUT2D eigenvalue weighted by atomic mass is 19.4. The van der Waals surface area contributed by atoms with Crippen molar-refractivity contribution < 1.29 is 23.0 Å². The number of alkyl halides is 3. The number of rotatable bonds is 6. The molecule has 0 saturated heterocycles. The van der Waals surface area contributed by atoms with Crippen LogP contribution in [0.5, 0.6) is 0 Å². The zero-order chi connectivity index (χ0) is 14.6. The first-order chi connectivity index (χ1) is 9.47. The Morgan fingerprint density at radius 2 is 2.05 bits per heavy atom. The first kappa shape index (κ1) is 15.3. The minimum Gasteiger partial charge on any atom is -0.386 e. The van der Waals surface area contributed by atoms with Crippen molar-refractivity contribution in [1.29, 1.82) is 0 Å². The third-order valence-corrected chi connectivity index (χ3v) is 3.77. The van der Waals surface area contributed by atoms with Gasteiger partial charge in [-0.3, -0.25) is 0 Å².